The molecular weight excluding hydrogens is 436 g/mol. The van der Waals surface area contributed by atoms with E-state index < -0.39 is 0 Å². The summed E-state index contributed by atoms with van der Waals surface area (Å²) in [5, 5.41) is 14.0. The van der Waals surface area contributed by atoms with Crippen LogP contribution in [0.4, 0.5) is 0 Å². The molecule has 0 saturated carbocycles. The lowest BCUT2D eigenvalue weighted by Gasteiger charge is -2.11. The third-order valence-electron chi connectivity index (χ3n) is 4.30. The van der Waals surface area contributed by atoms with Crippen molar-refractivity contribution in [2.45, 2.75) is 24.7 Å². The highest BCUT2D eigenvalue weighted by molar-refractivity contribution is 9.10. The van der Waals surface area contributed by atoms with Gasteiger partial charge < -0.3 is 4.57 Å². The zero-order valence-electron chi connectivity index (χ0n) is 15.1. The molecule has 0 radical (unpaired) electrons. The number of hydrogen-bond donors (Lipinski definition) is 0. The number of benzene rings is 2. The molecule has 2 aromatic heterocycles. The molecule has 6 nitrogen and oxygen atoms in total. The average Bonchev–Trinajstić information content (AvgIpc) is 3.38. The van der Waals surface area contributed by atoms with Gasteiger partial charge in [-0.05, 0) is 24.1 Å². The van der Waals surface area contributed by atoms with Gasteiger partial charge >= 0.3 is 0 Å². The highest BCUT2D eigenvalue weighted by Gasteiger charge is 2.14. The topological polar surface area (TPSA) is 61.4 Å². The molecule has 4 rings (SSSR count). The van der Waals surface area contributed by atoms with Gasteiger partial charge in [0.25, 0.3) is 0 Å². The summed E-state index contributed by atoms with van der Waals surface area (Å²) < 4.78 is 5.09. The molecule has 0 aliphatic heterocycles. The van der Waals surface area contributed by atoms with E-state index >= 15 is 0 Å². The Bertz CT molecular complexity index is 999. The molecule has 0 spiro atoms. The summed E-state index contributed by atoms with van der Waals surface area (Å²) in [6, 6.07) is 18.7. The third-order valence-corrected chi connectivity index (χ3v) is 5.78. The Morgan fingerprint density at radius 3 is 2.50 bits per heavy atom. The summed E-state index contributed by atoms with van der Waals surface area (Å²) in [6.07, 6.45) is 4.21. The first-order chi connectivity index (χ1) is 13.8. The first-order valence-electron chi connectivity index (χ1n) is 8.98. The van der Waals surface area contributed by atoms with Crippen LogP contribution in [0.5, 0.6) is 0 Å². The fourth-order valence-electron chi connectivity index (χ4n) is 2.87. The van der Waals surface area contributed by atoms with Crippen molar-refractivity contribution in [1.82, 2.24) is 29.5 Å². The molecule has 2 aromatic carbocycles. The van der Waals surface area contributed by atoms with Gasteiger partial charge in [-0.25, -0.2) is 4.98 Å². The molecule has 0 N–H and O–H groups in total. The van der Waals surface area contributed by atoms with Crippen molar-refractivity contribution < 1.29 is 0 Å². The van der Waals surface area contributed by atoms with Crippen molar-refractivity contribution in [2.24, 2.45) is 0 Å². The van der Waals surface area contributed by atoms with Crippen molar-refractivity contribution in [3.8, 4) is 11.4 Å². The Balaban J connectivity index is 1.54. The number of aryl methyl sites for hydroxylation is 2. The van der Waals surface area contributed by atoms with E-state index in [0.717, 1.165) is 46.3 Å². The predicted molar refractivity (Wildman–Crippen MR) is 114 cm³/mol. The molecule has 8 heteroatoms. The van der Waals surface area contributed by atoms with Crippen LogP contribution in [-0.4, -0.2) is 35.3 Å². The maximum absolute atomic E-state index is 4.49. The third kappa shape index (κ3) is 4.69. The van der Waals surface area contributed by atoms with Gasteiger partial charge in [0.1, 0.15) is 12.7 Å². The molecule has 4 aromatic rings. The monoisotopic (exact) mass is 454 g/mol. The minimum atomic E-state index is 0.782. The molecule has 0 atom stereocenters. The normalized spacial score (nSPS) is 11.0. The van der Waals surface area contributed by atoms with E-state index in [-0.39, 0.29) is 0 Å². The van der Waals surface area contributed by atoms with Crippen LogP contribution in [0.1, 0.15) is 5.56 Å². The zero-order valence-corrected chi connectivity index (χ0v) is 17.6. The summed E-state index contributed by atoms with van der Waals surface area (Å²) in [6.45, 7) is 1.61. The van der Waals surface area contributed by atoms with E-state index in [2.05, 4.69) is 77.2 Å². The van der Waals surface area contributed by atoms with Gasteiger partial charge in [0.05, 0.1) is 6.54 Å². The predicted octanol–water partition coefficient (Wildman–Crippen LogP) is 4.33. The molecule has 2 heterocycles. The fraction of sp³-hybridized carbons (Fsp3) is 0.200. The summed E-state index contributed by atoms with van der Waals surface area (Å²) in [4.78, 5) is 3.98. The minimum Gasteiger partial charge on any atom is -0.302 e. The van der Waals surface area contributed by atoms with Crippen LogP contribution in [0.2, 0.25) is 0 Å². The molecule has 0 aliphatic rings. The first kappa shape index (κ1) is 18.9. The molecule has 28 heavy (non-hydrogen) atoms. The number of hydrogen-bond acceptors (Lipinski definition) is 5. The van der Waals surface area contributed by atoms with Crippen molar-refractivity contribution in [3.05, 3.63) is 77.3 Å². The Morgan fingerprint density at radius 2 is 1.75 bits per heavy atom. The lowest BCUT2D eigenvalue weighted by Crippen LogP contribution is -2.07. The van der Waals surface area contributed by atoms with E-state index in [1.54, 1.807) is 24.4 Å². The maximum atomic E-state index is 4.49. The number of nitrogens with zero attached hydrogens (tertiary/aromatic N) is 6. The number of thioether (sulfide) groups is 1. The van der Waals surface area contributed by atoms with E-state index in [0.29, 0.717) is 0 Å². The smallest absolute Gasteiger partial charge is 0.191 e. The van der Waals surface area contributed by atoms with E-state index in [1.165, 1.54) is 5.56 Å². The number of rotatable bonds is 8. The molecule has 0 fully saturated rings. The summed E-state index contributed by atoms with van der Waals surface area (Å²) in [7, 11) is 0. The van der Waals surface area contributed by atoms with Crippen molar-refractivity contribution >= 4 is 27.7 Å². The molecule has 0 bridgehead atoms. The van der Waals surface area contributed by atoms with Gasteiger partial charge in [-0.2, -0.15) is 5.10 Å². The van der Waals surface area contributed by atoms with Gasteiger partial charge in [0.2, 0.25) is 0 Å². The second-order valence-electron chi connectivity index (χ2n) is 6.21. The second kappa shape index (κ2) is 9.16. The van der Waals surface area contributed by atoms with Crippen molar-refractivity contribution in [1.29, 1.82) is 0 Å². The van der Waals surface area contributed by atoms with E-state index in [1.807, 2.05) is 22.9 Å². The Morgan fingerprint density at radius 1 is 0.929 bits per heavy atom. The Kier molecular flexibility index (Phi) is 6.18. The van der Waals surface area contributed by atoms with Crippen molar-refractivity contribution in [2.75, 3.05) is 5.75 Å². The second-order valence-corrected chi connectivity index (χ2v) is 8.19. The average molecular weight is 455 g/mol. The SMILES string of the molecule is Brc1ccc(-c2nnc(SCCn3cncn3)n2CCc2ccccc2)cc1. The van der Waals surface area contributed by atoms with Crippen molar-refractivity contribution in [3.63, 3.8) is 0 Å². The minimum absolute atomic E-state index is 0.782. The molecule has 0 aliphatic carbocycles. The van der Waals surface area contributed by atoms with Gasteiger partial charge in [-0.15, -0.1) is 10.2 Å². The standard InChI is InChI=1S/C20H19BrN6S/c21-18-8-6-17(7-9-18)19-24-25-20(28-13-12-26-15-22-14-23-26)27(19)11-10-16-4-2-1-3-5-16/h1-9,14-15H,10-13H2. The largest absolute Gasteiger partial charge is 0.302 e. The highest BCUT2D eigenvalue weighted by Crippen LogP contribution is 2.26. The Hall–Kier alpha value is -2.45. The molecule has 0 unspecified atom stereocenters. The van der Waals surface area contributed by atoms with E-state index in [9.17, 15) is 0 Å². The van der Waals surface area contributed by atoms with E-state index in [4.69, 9.17) is 0 Å². The maximum Gasteiger partial charge on any atom is 0.191 e. The van der Waals surface area contributed by atoms with Crippen LogP contribution in [-0.2, 0) is 19.5 Å². The molecule has 142 valence electrons. The van der Waals surface area contributed by atoms with Gasteiger partial charge in [-0.3, -0.25) is 4.68 Å². The molecular formula is C20H19BrN6S. The lowest BCUT2D eigenvalue weighted by molar-refractivity contribution is 0.634. The summed E-state index contributed by atoms with van der Waals surface area (Å²) >= 11 is 5.19. The van der Waals surface area contributed by atoms with Gasteiger partial charge in [0, 0.05) is 22.3 Å². The number of halogens is 1. The van der Waals surface area contributed by atoms with Gasteiger partial charge in [0.15, 0.2) is 11.0 Å². The summed E-state index contributed by atoms with van der Waals surface area (Å²) in [5.74, 6) is 1.75. The molecule has 0 saturated heterocycles. The molecule has 0 amide bonds. The van der Waals surface area contributed by atoms with Crippen LogP contribution in [0.15, 0.2) is 76.9 Å². The van der Waals surface area contributed by atoms with Crippen LogP contribution >= 0.6 is 27.7 Å². The Labute approximate surface area is 176 Å². The van der Waals surface area contributed by atoms with Crippen LogP contribution in [0.25, 0.3) is 11.4 Å². The number of aromatic nitrogens is 6. The highest BCUT2D eigenvalue weighted by atomic mass is 79.9. The first-order valence-corrected chi connectivity index (χ1v) is 10.8. The lowest BCUT2D eigenvalue weighted by atomic mass is 10.1. The summed E-state index contributed by atoms with van der Waals surface area (Å²) in [5.41, 5.74) is 2.36. The van der Waals surface area contributed by atoms with Crippen LogP contribution in [0.3, 0.4) is 0 Å². The fourth-order valence-corrected chi connectivity index (χ4v) is 4.03. The quantitative estimate of drug-likeness (QED) is 0.370. The van der Waals surface area contributed by atoms with Crippen LogP contribution < -0.4 is 0 Å². The van der Waals surface area contributed by atoms with Gasteiger partial charge in [-0.1, -0.05) is 70.2 Å². The zero-order chi connectivity index (χ0) is 19.2. The van der Waals surface area contributed by atoms with Crippen LogP contribution in [0, 0.1) is 0 Å².